The van der Waals surface area contributed by atoms with Crippen molar-refractivity contribution in [3.05, 3.63) is 71.8 Å². The molecule has 0 bridgehead atoms. The molecule has 0 amide bonds. The van der Waals surface area contributed by atoms with Crippen LogP contribution in [0.1, 0.15) is 15.9 Å². The summed E-state index contributed by atoms with van der Waals surface area (Å²) in [6.07, 6.45) is 0. The largest absolute Gasteiger partial charge is 0.468 e. The molecule has 0 saturated heterocycles. The van der Waals surface area contributed by atoms with Gasteiger partial charge in [-0.3, -0.25) is 9.10 Å². The first-order valence-electron chi connectivity index (χ1n) is 9.05. The molecule has 0 aliphatic heterocycles. The van der Waals surface area contributed by atoms with Gasteiger partial charge in [-0.25, -0.2) is 13.2 Å². The van der Waals surface area contributed by atoms with Gasteiger partial charge in [-0.05, 0) is 47.5 Å². The molecule has 0 aliphatic carbocycles. The first kappa shape index (κ1) is 21.3. The van der Waals surface area contributed by atoms with Gasteiger partial charge in [0.1, 0.15) is 6.54 Å². The Kier molecular flexibility index (Phi) is 6.07. The third kappa shape index (κ3) is 4.13. The summed E-state index contributed by atoms with van der Waals surface area (Å²) in [6.45, 7) is 1.15. The lowest BCUT2D eigenvalue weighted by Gasteiger charge is -2.25. The molecule has 0 spiro atoms. The molecule has 0 N–H and O–H groups in total. The van der Waals surface area contributed by atoms with Crippen molar-refractivity contribution < 1.29 is 27.5 Å². The normalized spacial score (nSPS) is 11.2. The van der Waals surface area contributed by atoms with Crippen LogP contribution in [0.25, 0.3) is 10.8 Å². The van der Waals surface area contributed by atoms with E-state index in [-0.39, 0.29) is 16.1 Å². The molecule has 0 aliphatic rings. The number of fused-ring (bicyclic) bond motifs is 1. The van der Waals surface area contributed by atoms with Crippen LogP contribution in [0.3, 0.4) is 0 Å². The molecule has 0 atom stereocenters. The van der Waals surface area contributed by atoms with Crippen LogP contribution >= 0.6 is 0 Å². The number of nitrogens with zero attached hydrogens (tertiary/aromatic N) is 1. The third-order valence-electron chi connectivity index (χ3n) is 4.71. The van der Waals surface area contributed by atoms with Crippen molar-refractivity contribution in [2.75, 3.05) is 25.1 Å². The van der Waals surface area contributed by atoms with Crippen LogP contribution in [0.15, 0.2) is 65.6 Å². The van der Waals surface area contributed by atoms with Crippen LogP contribution in [-0.4, -0.2) is 41.1 Å². The Balaban J connectivity index is 2.17. The summed E-state index contributed by atoms with van der Waals surface area (Å²) in [5.74, 6) is -1.35. The number of benzene rings is 3. The molecule has 0 aromatic heterocycles. The molecule has 7 nitrogen and oxygen atoms in total. The van der Waals surface area contributed by atoms with Crippen molar-refractivity contribution in [2.45, 2.75) is 11.8 Å². The second-order valence-electron chi connectivity index (χ2n) is 6.59. The van der Waals surface area contributed by atoms with Gasteiger partial charge in [-0.2, -0.15) is 0 Å². The molecule has 3 aromatic rings. The minimum Gasteiger partial charge on any atom is -0.468 e. The maximum absolute atomic E-state index is 13.5. The highest BCUT2D eigenvalue weighted by atomic mass is 32.2. The van der Waals surface area contributed by atoms with Gasteiger partial charge in [0.05, 0.1) is 30.4 Å². The summed E-state index contributed by atoms with van der Waals surface area (Å²) in [7, 11) is -1.72. The second kappa shape index (κ2) is 8.54. The number of methoxy groups -OCH3 is 2. The minimum atomic E-state index is -4.14. The van der Waals surface area contributed by atoms with Gasteiger partial charge in [-0.15, -0.1) is 0 Å². The molecule has 30 heavy (non-hydrogen) atoms. The van der Waals surface area contributed by atoms with E-state index >= 15 is 0 Å². The smallest absolute Gasteiger partial charge is 0.337 e. The molecule has 3 aromatic carbocycles. The van der Waals surface area contributed by atoms with Gasteiger partial charge in [0.25, 0.3) is 10.0 Å². The zero-order valence-electron chi connectivity index (χ0n) is 16.8. The predicted octanol–water partition coefficient (Wildman–Crippen LogP) is 3.30. The Morgan fingerprint density at radius 2 is 1.60 bits per heavy atom. The number of hydrogen-bond donors (Lipinski definition) is 0. The number of carbonyl (C=O) groups excluding carboxylic acids is 2. The highest BCUT2D eigenvalue weighted by Crippen LogP contribution is 2.29. The summed E-state index contributed by atoms with van der Waals surface area (Å²) in [4.78, 5) is 24.0. The Bertz CT molecular complexity index is 1220. The van der Waals surface area contributed by atoms with Crippen LogP contribution < -0.4 is 4.31 Å². The molecule has 0 radical (unpaired) electrons. The van der Waals surface area contributed by atoms with E-state index < -0.39 is 28.5 Å². The molecule has 0 heterocycles. The number of carbonyl (C=O) groups is 2. The average molecular weight is 427 g/mol. The van der Waals surface area contributed by atoms with E-state index in [0.29, 0.717) is 5.56 Å². The molecule has 156 valence electrons. The van der Waals surface area contributed by atoms with E-state index in [0.717, 1.165) is 15.1 Å². The van der Waals surface area contributed by atoms with Gasteiger partial charge in [0, 0.05) is 0 Å². The molecule has 0 unspecified atom stereocenters. The van der Waals surface area contributed by atoms with Crippen molar-refractivity contribution >= 4 is 38.4 Å². The van der Waals surface area contributed by atoms with E-state index in [1.807, 2.05) is 24.3 Å². The van der Waals surface area contributed by atoms with Crippen LogP contribution in [0.4, 0.5) is 5.69 Å². The first-order chi connectivity index (χ1) is 14.3. The average Bonchev–Trinajstić information content (AvgIpc) is 2.76. The van der Waals surface area contributed by atoms with Gasteiger partial charge < -0.3 is 9.47 Å². The van der Waals surface area contributed by atoms with Gasteiger partial charge in [0.2, 0.25) is 0 Å². The maximum Gasteiger partial charge on any atom is 0.337 e. The van der Waals surface area contributed by atoms with Crippen molar-refractivity contribution in [3.63, 3.8) is 0 Å². The number of aryl methyl sites for hydroxylation is 1. The van der Waals surface area contributed by atoms with Gasteiger partial charge in [-0.1, -0.05) is 36.4 Å². The number of hydrogen-bond acceptors (Lipinski definition) is 6. The van der Waals surface area contributed by atoms with Crippen molar-refractivity contribution in [3.8, 4) is 0 Å². The fourth-order valence-corrected chi connectivity index (χ4v) is 4.56. The van der Waals surface area contributed by atoms with Crippen molar-refractivity contribution in [1.82, 2.24) is 0 Å². The summed E-state index contributed by atoms with van der Waals surface area (Å²) < 4.78 is 37.5. The Morgan fingerprint density at radius 1 is 0.900 bits per heavy atom. The third-order valence-corrected chi connectivity index (χ3v) is 6.46. The maximum atomic E-state index is 13.5. The van der Waals surface area contributed by atoms with Crippen LogP contribution in [0.2, 0.25) is 0 Å². The Hall–Kier alpha value is -3.39. The topological polar surface area (TPSA) is 90.0 Å². The van der Waals surface area contributed by atoms with Crippen LogP contribution in [0, 0.1) is 6.92 Å². The molecular weight excluding hydrogens is 406 g/mol. The number of rotatable bonds is 6. The van der Waals surface area contributed by atoms with Crippen LogP contribution in [0.5, 0.6) is 0 Å². The monoisotopic (exact) mass is 427 g/mol. The summed E-state index contributed by atoms with van der Waals surface area (Å²) in [5, 5.41) is 1.64. The fourth-order valence-electron chi connectivity index (χ4n) is 3.06. The first-order valence-corrected chi connectivity index (χ1v) is 10.5. The lowest BCUT2D eigenvalue weighted by atomic mass is 10.1. The SMILES string of the molecule is COC(=O)CN(c1cc(C(=O)OC)ccc1C)S(=O)(=O)c1ccc2ccccc2c1. The lowest BCUT2D eigenvalue weighted by molar-refractivity contribution is -0.138. The highest BCUT2D eigenvalue weighted by molar-refractivity contribution is 7.92. The quantitative estimate of drug-likeness (QED) is 0.561. The van der Waals surface area contributed by atoms with E-state index in [2.05, 4.69) is 0 Å². The van der Waals surface area contributed by atoms with E-state index in [1.165, 1.54) is 32.4 Å². The number of esters is 2. The molecule has 3 rings (SSSR count). The summed E-state index contributed by atoms with van der Waals surface area (Å²) in [5.41, 5.74) is 0.925. The zero-order chi connectivity index (χ0) is 21.9. The molecular formula is C22H21NO6S. The predicted molar refractivity (Wildman–Crippen MR) is 113 cm³/mol. The molecule has 0 fully saturated rings. The Morgan fingerprint density at radius 3 is 2.27 bits per heavy atom. The summed E-state index contributed by atoms with van der Waals surface area (Å²) in [6, 6.07) is 16.6. The number of sulfonamides is 1. The van der Waals surface area contributed by atoms with E-state index in [4.69, 9.17) is 9.47 Å². The molecule has 8 heteroatoms. The summed E-state index contributed by atoms with van der Waals surface area (Å²) >= 11 is 0. The van der Waals surface area contributed by atoms with Gasteiger partial charge >= 0.3 is 11.9 Å². The Labute approximate surface area is 174 Å². The minimum absolute atomic E-state index is 0.0213. The number of ether oxygens (including phenoxy) is 2. The van der Waals surface area contributed by atoms with E-state index in [9.17, 15) is 18.0 Å². The lowest BCUT2D eigenvalue weighted by Crippen LogP contribution is -2.37. The highest BCUT2D eigenvalue weighted by Gasteiger charge is 2.29. The zero-order valence-corrected chi connectivity index (χ0v) is 17.6. The fraction of sp³-hybridized carbons (Fsp3) is 0.182. The van der Waals surface area contributed by atoms with Crippen LogP contribution in [-0.2, 0) is 24.3 Å². The van der Waals surface area contributed by atoms with E-state index in [1.54, 1.807) is 25.1 Å². The van der Waals surface area contributed by atoms with Gasteiger partial charge in [0.15, 0.2) is 0 Å². The molecule has 0 saturated carbocycles. The number of anilines is 1. The standard InChI is InChI=1S/C22H21NO6S/c1-15-8-9-18(22(25)29-3)13-20(15)23(14-21(24)28-2)30(26,27)19-11-10-16-6-4-5-7-17(16)12-19/h4-13H,14H2,1-3H3. The van der Waals surface area contributed by atoms with Crippen molar-refractivity contribution in [2.24, 2.45) is 0 Å². The van der Waals surface area contributed by atoms with Crippen molar-refractivity contribution in [1.29, 1.82) is 0 Å². The second-order valence-corrected chi connectivity index (χ2v) is 8.45.